The number of carbonyl (C=O) groups is 1. The largest absolute Gasteiger partial charge is 0.394 e. The van der Waals surface area contributed by atoms with Crippen molar-refractivity contribution in [3.8, 4) is 17.2 Å². The number of aliphatic hydroxyl groups is 1. The molecule has 1 heterocycles. The summed E-state index contributed by atoms with van der Waals surface area (Å²) in [5, 5.41) is 20.0. The lowest BCUT2D eigenvalue weighted by Crippen LogP contribution is -2.65. The molecule has 1 aliphatic rings. The summed E-state index contributed by atoms with van der Waals surface area (Å²) in [6.45, 7) is 1.74. The van der Waals surface area contributed by atoms with Crippen LogP contribution in [0, 0.1) is 24.1 Å². The fourth-order valence-electron chi connectivity index (χ4n) is 4.34. The minimum absolute atomic E-state index is 0.166. The summed E-state index contributed by atoms with van der Waals surface area (Å²) in [6, 6.07) is 22.1. The molecule has 3 aromatic carbocycles. The fraction of sp³-hybridized carbons (Fsp3) is 0.200. The fourth-order valence-corrected chi connectivity index (χ4v) is 4.34. The number of hydrogen-bond donors (Lipinski definition) is 1. The van der Waals surface area contributed by atoms with E-state index in [1.807, 2.05) is 55.5 Å². The zero-order chi connectivity index (χ0) is 21.3. The number of aliphatic hydroxyl groups excluding tert-OH is 1. The summed E-state index contributed by atoms with van der Waals surface area (Å²) in [5.41, 5.74) is 4.22. The highest BCUT2D eigenvalue weighted by molar-refractivity contribution is 5.96. The molecule has 0 radical (unpaired) electrons. The van der Waals surface area contributed by atoms with Crippen LogP contribution in [0.25, 0.3) is 11.1 Å². The lowest BCUT2D eigenvalue weighted by Gasteiger charge is -2.52. The van der Waals surface area contributed by atoms with Crippen LogP contribution in [0.3, 0.4) is 0 Å². The van der Waals surface area contributed by atoms with Crippen molar-refractivity contribution in [1.82, 2.24) is 4.90 Å². The monoisotopic (exact) mass is 400 g/mol. The van der Waals surface area contributed by atoms with E-state index in [1.54, 1.807) is 0 Å². The first-order valence-electron chi connectivity index (χ1n) is 9.80. The molecule has 3 aromatic rings. The van der Waals surface area contributed by atoms with Crippen molar-refractivity contribution in [1.29, 1.82) is 5.26 Å². The first kappa shape index (κ1) is 19.8. The van der Waals surface area contributed by atoms with Gasteiger partial charge in [-0.2, -0.15) is 5.26 Å². The predicted octanol–water partition coefficient (Wildman–Crippen LogP) is 4.29. The maximum absolute atomic E-state index is 13.6. The molecule has 1 saturated heterocycles. The van der Waals surface area contributed by atoms with E-state index in [2.05, 4.69) is 6.07 Å². The van der Waals surface area contributed by atoms with Gasteiger partial charge in [-0.25, -0.2) is 4.39 Å². The van der Waals surface area contributed by atoms with Gasteiger partial charge >= 0.3 is 0 Å². The second-order valence-electron chi connectivity index (χ2n) is 7.47. The number of halogens is 1. The maximum Gasteiger partial charge on any atom is 0.255 e. The van der Waals surface area contributed by atoms with Crippen LogP contribution in [0.2, 0.25) is 0 Å². The summed E-state index contributed by atoms with van der Waals surface area (Å²) < 4.78 is 13.6. The van der Waals surface area contributed by atoms with Crippen molar-refractivity contribution in [3.05, 3.63) is 95.3 Å². The predicted molar refractivity (Wildman–Crippen MR) is 112 cm³/mol. The van der Waals surface area contributed by atoms with E-state index in [-0.39, 0.29) is 18.1 Å². The molecule has 0 spiro atoms. The van der Waals surface area contributed by atoms with Crippen molar-refractivity contribution in [2.75, 3.05) is 6.61 Å². The molecule has 5 heteroatoms. The van der Waals surface area contributed by atoms with Gasteiger partial charge in [0.2, 0.25) is 0 Å². The summed E-state index contributed by atoms with van der Waals surface area (Å²) in [5.74, 6) is -1.31. The smallest absolute Gasteiger partial charge is 0.255 e. The molecule has 0 saturated carbocycles. The number of aryl methyl sites for hydroxylation is 1. The number of amides is 1. The van der Waals surface area contributed by atoms with E-state index in [0.29, 0.717) is 0 Å². The topological polar surface area (TPSA) is 64.3 Å². The van der Waals surface area contributed by atoms with Crippen molar-refractivity contribution in [3.63, 3.8) is 0 Å². The number of hydrogen-bond acceptors (Lipinski definition) is 3. The minimum Gasteiger partial charge on any atom is -0.394 e. The Morgan fingerprint density at radius 1 is 1.07 bits per heavy atom. The van der Waals surface area contributed by atoms with Gasteiger partial charge in [0.15, 0.2) is 0 Å². The number of carbonyl (C=O) groups excluding carboxylic acids is 1. The third-order valence-corrected chi connectivity index (χ3v) is 5.79. The second-order valence-corrected chi connectivity index (χ2v) is 7.47. The average molecular weight is 400 g/mol. The van der Waals surface area contributed by atoms with Crippen molar-refractivity contribution < 1.29 is 14.3 Å². The Kier molecular flexibility index (Phi) is 5.35. The van der Waals surface area contributed by atoms with Crippen LogP contribution in [0.4, 0.5) is 4.39 Å². The summed E-state index contributed by atoms with van der Waals surface area (Å²) in [7, 11) is 0. The quantitative estimate of drug-likeness (QED) is 0.710. The summed E-state index contributed by atoms with van der Waals surface area (Å²) in [6.07, 6.45) is 0. The van der Waals surface area contributed by atoms with E-state index >= 15 is 0 Å². The van der Waals surface area contributed by atoms with Crippen LogP contribution in [0.5, 0.6) is 0 Å². The third kappa shape index (κ3) is 3.26. The van der Waals surface area contributed by atoms with Gasteiger partial charge in [0.1, 0.15) is 11.9 Å². The van der Waals surface area contributed by atoms with E-state index in [1.165, 1.54) is 23.1 Å². The Labute approximate surface area is 174 Å². The molecule has 0 unspecified atom stereocenters. The van der Waals surface area contributed by atoms with Gasteiger partial charge in [0.25, 0.3) is 5.91 Å². The Hall–Kier alpha value is -3.49. The maximum atomic E-state index is 13.6. The van der Waals surface area contributed by atoms with Crippen LogP contribution < -0.4 is 0 Å². The molecule has 1 amide bonds. The molecule has 4 rings (SSSR count). The lowest BCUT2D eigenvalue weighted by atomic mass is 9.73. The number of likely N-dealkylation sites (tertiary alicyclic amines) is 1. The first-order chi connectivity index (χ1) is 14.6. The van der Waals surface area contributed by atoms with Gasteiger partial charge in [-0.1, -0.05) is 54.6 Å². The Bertz CT molecular complexity index is 1140. The molecule has 150 valence electrons. The van der Waals surface area contributed by atoms with Crippen molar-refractivity contribution >= 4 is 5.91 Å². The average Bonchev–Trinajstić information content (AvgIpc) is 2.74. The van der Waals surface area contributed by atoms with Crippen molar-refractivity contribution in [2.45, 2.75) is 24.9 Å². The van der Waals surface area contributed by atoms with E-state index < -0.39 is 23.8 Å². The highest BCUT2D eigenvalue weighted by Gasteiger charge is 2.52. The van der Waals surface area contributed by atoms with Gasteiger partial charge in [-0.15, -0.1) is 0 Å². The Morgan fingerprint density at radius 3 is 2.43 bits per heavy atom. The third-order valence-electron chi connectivity index (χ3n) is 5.79. The zero-order valence-corrected chi connectivity index (χ0v) is 16.5. The molecule has 0 bridgehead atoms. The number of nitrogens with zero attached hydrogens (tertiary/aromatic N) is 2. The standard InChI is InChI=1S/C25H21FN2O2/c1-16-7-2-3-10-19(16)20-11-4-5-12-21(20)24-22(14-27)28(23(24)15-29)25(30)17-8-6-9-18(26)13-17/h2-13,22-24,29H,15H2,1H3/t22-,23-,24+/m1/s1. The molecule has 0 aliphatic carbocycles. The van der Waals surface area contributed by atoms with Crippen LogP contribution in [0.1, 0.15) is 27.4 Å². The van der Waals surface area contributed by atoms with Gasteiger partial charge in [-0.3, -0.25) is 4.79 Å². The van der Waals surface area contributed by atoms with E-state index in [4.69, 9.17) is 0 Å². The van der Waals surface area contributed by atoms with Crippen LogP contribution in [-0.2, 0) is 0 Å². The Balaban J connectivity index is 1.74. The zero-order valence-electron chi connectivity index (χ0n) is 16.5. The molecule has 3 atom stereocenters. The minimum atomic E-state index is -0.747. The molecule has 1 aliphatic heterocycles. The summed E-state index contributed by atoms with van der Waals surface area (Å²) >= 11 is 0. The van der Waals surface area contributed by atoms with E-state index in [0.717, 1.165) is 28.3 Å². The van der Waals surface area contributed by atoms with Gasteiger partial charge < -0.3 is 10.0 Å². The highest BCUT2D eigenvalue weighted by atomic mass is 19.1. The molecule has 4 nitrogen and oxygen atoms in total. The van der Waals surface area contributed by atoms with Crippen LogP contribution >= 0.6 is 0 Å². The van der Waals surface area contributed by atoms with Gasteiger partial charge in [0, 0.05) is 11.5 Å². The normalized spacial score (nSPS) is 20.3. The van der Waals surface area contributed by atoms with Crippen molar-refractivity contribution in [2.24, 2.45) is 0 Å². The molecular weight excluding hydrogens is 379 g/mol. The van der Waals surface area contributed by atoms with Crippen LogP contribution in [-0.4, -0.2) is 34.6 Å². The van der Waals surface area contributed by atoms with Gasteiger partial charge in [-0.05, 0) is 47.4 Å². The lowest BCUT2D eigenvalue weighted by molar-refractivity contribution is -0.00574. The summed E-state index contributed by atoms with van der Waals surface area (Å²) in [4.78, 5) is 14.4. The number of rotatable bonds is 4. The SMILES string of the molecule is Cc1ccccc1-c1ccccc1[C@H]1[C@@H](C#N)N(C(=O)c2cccc(F)c2)[C@@H]1CO. The molecule has 1 N–H and O–H groups in total. The Morgan fingerprint density at radius 2 is 1.77 bits per heavy atom. The molecular formula is C25H21FN2O2. The van der Waals surface area contributed by atoms with Crippen LogP contribution in [0.15, 0.2) is 72.8 Å². The first-order valence-corrected chi connectivity index (χ1v) is 9.80. The van der Waals surface area contributed by atoms with Gasteiger partial charge in [0.05, 0.1) is 18.7 Å². The highest BCUT2D eigenvalue weighted by Crippen LogP contribution is 2.45. The van der Waals surface area contributed by atoms with E-state index in [9.17, 15) is 19.6 Å². The molecule has 0 aromatic heterocycles. The second kappa shape index (κ2) is 8.10. The molecule has 1 fully saturated rings. The number of nitriles is 1. The number of benzene rings is 3. The molecule has 30 heavy (non-hydrogen) atoms.